The molecule has 0 aliphatic rings. The number of hydrogen-bond donors (Lipinski definition) is 1. The van der Waals surface area contributed by atoms with Crippen molar-refractivity contribution in [1.82, 2.24) is 14.8 Å². The van der Waals surface area contributed by atoms with Gasteiger partial charge in [0.25, 0.3) is 5.91 Å². The van der Waals surface area contributed by atoms with Gasteiger partial charge in [-0.3, -0.25) is 4.79 Å². The number of aromatic nitrogens is 3. The van der Waals surface area contributed by atoms with Crippen LogP contribution in [0.5, 0.6) is 0 Å². The molecular weight excluding hydrogens is 347 g/mol. The van der Waals surface area contributed by atoms with Crippen LogP contribution in [0.2, 0.25) is 0 Å². The van der Waals surface area contributed by atoms with E-state index in [1.54, 1.807) is 42.6 Å². The van der Waals surface area contributed by atoms with Gasteiger partial charge in [-0.2, -0.15) is 5.10 Å². The number of carbonyl (C=O) groups excluding carboxylic acids is 1. The van der Waals surface area contributed by atoms with Crippen LogP contribution < -0.4 is 5.32 Å². The topological polar surface area (TPSA) is 73.0 Å². The number of halogens is 1. The summed E-state index contributed by atoms with van der Waals surface area (Å²) in [5, 5.41) is 7.05. The summed E-state index contributed by atoms with van der Waals surface area (Å²) in [6.45, 7) is 4.01. The van der Waals surface area contributed by atoms with E-state index < -0.39 is 0 Å². The Morgan fingerprint density at radius 3 is 2.67 bits per heavy atom. The average Bonchev–Trinajstić information content (AvgIpc) is 3.29. The van der Waals surface area contributed by atoms with E-state index in [1.807, 2.05) is 13.8 Å². The van der Waals surface area contributed by atoms with Crippen LogP contribution in [-0.4, -0.2) is 20.7 Å². The number of amides is 1. The normalized spacial score (nSPS) is 11.3. The van der Waals surface area contributed by atoms with Crippen molar-refractivity contribution < 1.29 is 13.6 Å². The van der Waals surface area contributed by atoms with Gasteiger partial charge in [0.15, 0.2) is 17.2 Å². The number of anilines is 1. The summed E-state index contributed by atoms with van der Waals surface area (Å²) >= 11 is 0. The Kier molecular flexibility index (Phi) is 4.19. The van der Waals surface area contributed by atoms with E-state index >= 15 is 0 Å². The lowest BCUT2D eigenvalue weighted by molar-refractivity contribution is 0.102. The van der Waals surface area contributed by atoms with E-state index in [0.29, 0.717) is 28.4 Å². The third-order valence-corrected chi connectivity index (χ3v) is 4.07. The van der Waals surface area contributed by atoms with Crippen molar-refractivity contribution >= 4 is 22.7 Å². The van der Waals surface area contributed by atoms with Gasteiger partial charge >= 0.3 is 0 Å². The van der Waals surface area contributed by atoms with Crippen molar-refractivity contribution in [3.05, 3.63) is 72.1 Å². The molecule has 0 aliphatic carbocycles. The summed E-state index contributed by atoms with van der Waals surface area (Å²) < 4.78 is 20.2. The Morgan fingerprint density at radius 2 is 1.93 bits per heavy atom. The highest BCUT2D eigenvalue weighted by molar-refractivity contribution is 6.03. The van der Waals surface area contributed by atoms with Crippen molar-refractivity contribution in [2.24, 2.45) is 0 Å². The number of fused-ring (bicyclic) bond motifs is 1. The molecule has 0 unspecified atom stereocenters. The van der Waals surface area contributed by atoms with Gasteiger partial charge in [-0.25, -0.2) is 14.1 Å². The molecule has 0 radical (unpaired) electrons. The van der Waals surface area contributed by atoms with Crippen LogP contribution in [0.25, 0.3) is 16.8 Å². The highest BCUT2D eigenvalue weighted by Gasteiger charge is 2.13. The van der Waals surface area contributed by atoms with Gasteiger partial charge in [0.1, 0.15) is 11.3 Å². The monoisotopic (exact) mass is 364 g/mol. The van der Waals surface area contributed by atoms with Crippen LogP contribution in [0, 0.1) is 5.82 Å². The molecule has 0 fully saturated rings. The van der Waals surface area contributed by atoms with Crippen LogP contribution in [0.3, 0.4) is 0 Å². The summed E-state index contributed by atoms with van der Waals surface area (Å²) in [5.41, 5.74) is 2.89. The van der Waals surface area contributed by atoms with Gasteiger partial charge in [-0.05, 0) is 48.5 Å². The van der Waals surface area contributed by atoms with Crippen LogP contribution >= 0.6 is 0 Å². The second-order valence-electron chi connectivity index (χ2n) is 6.47. The number of benzene rings is 2. The van der Waals surface area contributed by atoms with E-state index in [1.165, 1.54) is 16.8 Å². The molecule has 0 bridgehead atoms. The zero-order valence-corrected chi connectivity index (χ0v) is 14.8. The minimum atomic E-state index is -0.345. The Bertz CT molecular complexity index is 1110. The second-order valence-corrected chi connectivity index (χ2v) is 6.47. The van der Waals surface area contributed by atoms with Gasteiger partial charge in [-0.15, -0.1) is 0 Å². The maximum Gasteiger partial charge on any atom is 0.276 e. The lowest BCUT2D eigenvalue weighted by atomic mass is 10.2. The standard InChI is InChI=1S/C20H17FN4O2/c1-12(2)20-23-17-11-14(5-8-18(17)27-20)22-19(26)16-9-10-25(24-16)15-6-3-13(21)4-7-15/h3-12H,1-2H3,(H,22,26). The maximum absolute atomic E-state index is 13.0. The molecule has 6 nitrogen and oxygen atoms in total. The number of oxazole rings is 1. The number of rotatable bonds is 4. The van der Waals surface area contributed by atoms with Gasteiger partial charge in [0.2, 0.25) is 0 Å². The Morgan fingerprint density at radius 1 is 1.15 bits per heavy atom. The van der Waals surface area contributed by atoms with Crippen LogP contribution in [0.15, 0.2) is 59.1 Å². The maximum atomic E-state index is 13.0. The number of nitrogens with zero attached hydrogens (tertiary/aromatic N) is 3. The average molecular weight is 364 g/mol. The number of hydrogen-bond acceptors (Lipinski definition) is 4. The molecule has 136 valence electrons. The number of carbonyl (C=O) groups is 1. The first-order valence-electron chi connectivity index (χ1n) is 8.53. The molecule has 1 amide bonds. The minimum absolute atomic E-state index is 0.186. The number of nitrogens with one attached hydrogen (secondary N) is 1. The fourth-order valence-electron chi connectivity index (χ4n) is 2.65. The van der Waals surface area contributed by atoms with E-state index in [-0.39, 0.29) is 23.3 Å². The van der Waals surface area contributed by atoms with Gasteiger partial charge in [-0.1, -0.05) is 13.8 Å². The quantitative estimate of drug-likeness (QED) is 0.577. The molecule has 0 spiro atoms. The molecule has 1 N–H and O–H groups in total. The van der Waals surface area contributed by atoms with E-state index in [0.717, 1.165) is 0 Å². The van der Waals surface area contributed by atoms with Crippen molar-refractivity contribution in [3.63, 3.8) is 0 Å². The molecule has 0 saturated carbocycles. The zero-order valence-electron chi connectivity index (χ0n) is 14.8. The third kappa shape index (κ3) is 3.44. The van der Waals surface area contributed by atoms with Gasteiger partial charge < -0.3 is 9.73 Å². The lowest BCUT2D eigenvalue weighted by Gasteiger charge is -2.03. The minimum Gasteiger partial charge on any atom is -0.440 e. The molecule has 4 rings (SSSR count). The van der Waals surface area contributed by atoms with E-state index in [4.69, 9.17) is 4.42 Å². The predicted molar refractivity (Wildman–Crippen MR) is 99.6 cm³/mol. The molecule has 0 aliphatic heterocycles. The SMILES string of the molecule is CC(C)c1nc2cc(NC(=O)c3ccn(-c4ccc(F)cc4)n3)ccc2o1. The highest BCUT2D eigenvalue weighted by atomic mass is 19.1. The Balaban J connectivity index is 1.53. The highest BCUT2D eigenvalue weighted by Crippen LogP contribution is 2.24. The Labute approximate surface area is 154 Å². The first-order chi connectivity index (χ1) is 13.0. The van der Waals surface area contributed by atoms with E-state index in [9.17, 15) is 9.18 Å². The predicted octanol–water partition coefficient (Wildman–Crippen LogP) is 4.53. The molecular formula is C20H17FN4O2. The summed E-state index contributed by atoms with van der Waals surface area (Å²) in [7, 11) is 0. The van der Waals surface area contributed by atoms with Gasteiger partial charge in [0, 0.05) is 17.8 Å². The zero-order chi connectivity index (χ0) is 19.0. The van der Waals surface area contributed by atoms with Crippen molar-refractivity contribution in [3.8, 4) is 5.69 Å². The van der Waals surface area contributed by atoms with Crippen LogP contribution in [0.4, 0.5) is 10.1 Å². The van der Waals surface area contributed by atoms with Crippen LogP contribution in [-0.2, 0) is 0 Å². The van der Waals surface area contributed by atoms with Crippen LogP contribution in [0.1, 0.15) is 36.1 Å². The van der Waals surface area contributed by atoms with Crippen molar-refractivity contribution in [2.75, 3.05) is 5.32 Å². The second kappa shape index (κ2) is 6.68. The molecule has 0 atom stereocenters. The smallest absolute Gasteiger partial charge is 0.276 e. The first kappa shape index (κ1) is 17.0. The summed E-state index contributed by atoms with van der Waals surface area (Å²) in [4.78, 5) is 16.9. The fraction of sp³-hybridized carbons (Fsp3) is 0.150. The van der Waals surface area contributed by atoms with Crippen molar-refractivity contribution in [2.45, 2.75) is 19.8 Å². The third-order valence-electron chi connectivity index (χ3n) is 4.07. The molecule has 2 aromatic heterocycles. The lowest BCUT2D eigenvalue weighted by Crippen LogP contribution is -2.13. The fourth-order valence-corrected chi connectivity index (χ4v) is 2.65. The Hall–Kier alpha value is -3.48. The molecule has 2 aromatic carbocycles. The largest absolute Gasteiger partial charge is 0.440 e. The molecule has 7 heteroatoms. The summed E-state index contributed by atoms with van der Waals surface area (Å²) in [5.74, 6) is 0.174. The van der Waals surface area contributed by atoms with E-state index in [2.05, 4.69) is 15.4 Å². The van der Waals surface area contributed by atoms with Crippen molar-refractivity contribution in [1.29, 1.82) is 0 Å². The first-order valence-corrected chi connectivity index (χ1v) is 8.53. The summed E-state index contributed by atoms with van der Waals surface area (Å²) in [6.07, 6.45) is 1.65. The molecule has 2 heterocycles. The molecule has 4 aromatic rings. The molecule has 0 saturated heterocycles. The summed E-state index contributed by atoms with van der Waals surface area (Å²) in [6, 6.07) is 12.8. The molecule has 27 heavy (non-hydrogen) atoms. The van der Waals surface area contributed by atoms with Gasteiger partial charge in [0.05, 0.1) is 5.69 Å².